The predicted molar refractivity (Wildman–Crippen MR) is 55.0 cm³/mol. The van der Waals surface area contributed by atoms with E-state index < -0.39 is 0 Å². The minimum Gasteiger partial charge on any atom is -0.313 e. The smallest absolute Gasteiger partial charge is 0.183 e. The maximum Gasteiger partial charge on any atom is 0.183 e. The van der Waals surface area contributed by atoms with Crippen LogP contribution in [0.1, 0.15) is 19.8 Å². The van der Waals surface area contributed by atoms with Crippen LogP contribution in [0.25, 0.3) is 0 Å². The van der Waals surface area contributed by atoms with Crippen LogP contribution in [0.3, 0.4) is 0 Å². The summed E-state index contributed by atoms with van der Waals surface area (Å²) in [5.41, 5.74) is 0.564. The number of unbranched alkanes of at least 4 members (excludes halogenated alkanes) is 1. The van der Waals surface area contributed by atoms with E-state index in [1.54, 1.807) is 0 Å². The highest BCUT2D eigenvalue weighted by Gasteiger charge is 2.11. The molecule has 0 atom stereocenters. The van der Waals surface area contributed by atoms with Crippen molar-refractivity contribution in [2.24, 2.45) is 0 Å². The molecule has 0 unspecified atom stereocenters. The van der Waals surface area contributed by atoms with Crippen molar-refractivity contribution >= 4 is 11.6 Å². The minimum absolute atomic E-state index is 0.0615. The SMILES string of the molecule is CCCCNCC1=CC(=O)C=CC1=O. The lowest BCUT2D eigenvalue weighted by Gasteiger charge is -2.07. The second-order valence-corrected chi connectivity index (χ2v) is 3.30. The monoisotopic (exact) mass is 193 g/mol. The number of carbonyl (C=O) groups is 2. The van der Waals surface area contributed by atoms with E-state index in [1.807, 2.05) is 0 Å². The van der Waals surface area contributed by atoms with Crippen LogP contribution in [0.15, 0.2) is 23.8 Å². The van der Waals surface area contributed by atoms with E-state index in [0.29, 0.717) is 12.1 Å². The second-order valence-electron chi connectivity index (χ2n) is 3.30. The zero-order valence-electron chi connectivity index (χ0n) is 8.38. The van der Waals surface area contributed by atoms with Gasteiger partial charge in [-0.1, -0.05) is 13.3 Å². The molecule has 0 aliphatic heterocycles. The fraction of sp³-hybridized carbons (Fsp3) is 0.455. The van der Waals surface area contributed by atoms with Gasteiger partial charge in [0.25, 0.3) is 0 Å². The molecule has 0 heterocycles. The van der Waals surface area contributed by atoms with Crippen LogP contribution in [0.5, 0.6) is 0 Å². The molecular formula is C11H15NO2. The molecule has 0 bridgehead atoms. The fourth-order valence-electron chi connectivity index (χ4n) is 1.22. The zero-order chi connectivity index (χ0) is 10.4. The van der Waals surface area contributed by atoms with Crippen LogP contribution >= 0.6 is 0 Å². The van der Waals surface area contributed by atoms with Crippen LogP contribution < -0.4 is 5.32 Å². The largest absolute Gasteiger partial charge is 0.313 e. The molecule has 76 valence electrons. The van der Waals surface area contributed by atoms with Gasteiger partial charge in [0.15, 0.2) is 11.6 Å². The first-order valence-electron chi connectivity index (χ1n) is 4.91. The van der Waals surface area contributed by atoms with Crippen molar-refractivity contribution in [3.05, 3.63) is 23.8 Å². The summed E-state index contributed by atoms with van der Waals surface area (Å²) in [6, 6.07) is 0. The summed E-state index contributed by atoms with van der Waals surface area (Å²) in [5, 5.41) is 3.13. The average Bonchev–Trinajstić information content (AvgIpc) is 2.18. The molecule has 0 saturated heterocycles. The van der Waals surface area contributed by atoms with Crippen LogP contribution in [-0.4, -0.2) is 24.7 Å². The van der Waals surface area contributed by atoms with Crippen molar-refractivity contribution in [2.75, 3.05) is 13.1 Å². The summed E-state index contributed by atoms with van der Waals surface area (Å²) in [4.78, 5) is 22.2. The molecule has 3 heteroatoms. The van der Waals surface area contributed by atoms with Gasteiger partial charge in [0, 0.05) is 12.1 Å². The van der Waals surface area contributed by atoms with E-state index in [0.717, 1.165) is 19.4 Å². The van der Waals surface area contributed by atoms with E-state index >= 15 is 0 Å². The second kappa shape index (κ2) is 5.50. The highest BCUT2D eigenvalue weighted by Crippen LogP contribution is 2.03. The maximum atomic E-state index is 11.3. The molecule has 14 heavy (non-hydrogen) atoms. The van der Waals surface area contributed by atoms with Gasteiger partial charge in [-0.15, -0.1) is 0 Å². The number of hydrogen-bond donors (Lipinski definition) is 1. The summed E-state index contributed by atoms with van der Waals surface area (Å²) in [6.07, 6.45) is 6.25. The summed E-state index contributed by atoms with van der Waals surface area (Å²) >= 11 is 0. The number of nitrogens with one attached hydrogen (secondary N) is 1. The normalized spacial score (nSPS) is 15.9. The van der Waals surface area contributed by atoms with Crippen molar-refractivity contribution in [3.8, 4) is 0 Å². The third-order valence-corrected chi connectivity index (χ3v) is 2.05. The molecule has 0 fully saturated rings. The zero-order valence-corrected chi connectivity index (χ0v) is 8.38. The molecule has 0 amide bonds. The molecule has 0 aromatic carbocycles. The third-order valence-electron chi connectivity index (χ3n) is 2.05. The molecule has 0 saturated carbocycles. The Labute approximate surface area is 83.9 Å². The summed E-state index contributed by atoms with van der Waals surface area (Å²) in [7, 11) is 0. The van der Waals surface area contributed by atoms with E-state index in [2.05, 4.69) is 12.2 Å². The minimum atomic E-state index is -0.100. The van der Waals surface area contributed by atoms with Crippen molar-refractivity contribution in [1.82, 2.24) is 5.32 Å². The molecular weight excluding hydrogens is 178 g/mol. The molecule has 0 spiro atoms. The number of ketones is 2. The van der Waals surface area contributed by atoms with Gasteiger partial charge in [-0.25, -0.2) is 0 Å². The third kappa shape index (κ3) is 3.26. The molecule has 3 nitrogen and oxygen atoms in total. The van der Waals surface area contributed by atoms with Crippen LogP contribution in [-0.2, 0) is 9.59 Å². The standard InChI is InChI=1S/C11H15NO2/c1-2-3-6-12-8-9-7-10(13)4-5-11(9)14/h4-5,7,12H,2-3,6,8H2,1H3. The van der Waals surface area contributed by atoms with Gasteiger partial charge in [0.1, 0.15) is 0 Å². The lowest BCUT2D eigenvalue weighted by Crippen LogP contribution is -2.23. The topological polar surface area (TPSA) is 46.2 Å². The number of rotatable bonds is 5. The summed E-state index contributed by atoms with van der Waals surface area (Å²) in [5.74, 6) is -0.162. The Bertz CT molecular complexity index is 290. The molecule has 1 aliphatic carbocycles. The molecule has 1 aliphatic rings. The van der Waals surface area contributed by atoms with E-state index in [9.17, 15) is 9.59 Å². The number of carbonyl (C=O) groups excluding carboxylic acids is 2. The van der Waals surface area contributed by atoms with Gasteiger partial charge in [-0.2, -0.15) is 0 Å². The Hall–Kier alpha value is -1.22. The van der Waals surface area contributed by atoms with Gasteiger partial charge in [0.05, 0.1) is 0 Å². The first-order valence-corrected chi connectivity index (χ1v) is 4.91. The molecule has 0 aromatic heterocycles. The Balaban J connectivity index is 2.36. The Morgan fingerprint density at radius 2 is 2.07 bits per heavy atom. The van der Waals surface area contributed by atoms with E-state index in [-0.39, 0.29) is 11.6 Å². The Kier molecular flexibility index (Phi) is 4.26. The van der Waals surface area contributed by atoms with E-state index in [1.165, 1.54) is 18.2 Å². The number of allylic oxidation sites excluding steroid dienone is 3. The van der Waals surface area contributed by atoms with Gasteiger partial charge in [-0.05, 0) is 31.2 Å². The molecule has 1 rings (SSSR count). The quantitative estimate of drug-likeness (QED) is 0.523. The van der Waals surface area contributed by atoms with Crippen molar-refractivity contribution < 1.29 is 9.59 Å². The van der Waals surface area contributed by atoms with Crippen LogP contribution in [0.4, 0.5) is 0 Å². The summed E-state index contributed by atoms with van der Waals surface area (Å²) < 4.78 is 0. The van der Waals surface area contributed by atoms with Crippen LogP contribution in [0.2, 0.25) is 0 Å². The lowest BCUT2D eigenvalue weighted by molar-refractivity contribution is -0.114. The number of hydrogen-bond acceptors (Lipinski definition) is 3. The Morgan fingerprint density at radius 1 is 1.29 bits per heavy atom. The fourth-order valence-corrected chi connectivity index (χ4v) is 1.22. The van der Waals surface area contributed by atoms with Crippen molar-refractivity contribution in [2.45, 2.75) is 19.8 Å². The van der Waals surface area contributed by atoms with Gasteiger partial charge in [-0.3, -0.25) is 9.59 Å². The van der Waals surface area contributed by atoms with Gasteiger partial charge >= 0.3 is 0 Å². The highest BCUT2D eigenvalue weighted by molar-refractivity contribution is 6.17. The Morgan fingerprint density at radius 3 is 2.79 bits per heavy atom. The summed E-state index contributed by atoms with van der Waals surface area (Å²) in [6.45, 7) is 3.49. The highest BCUT2D eigenvalue weighted by atomic mass is 16.1. The van der Waals surface area contributed by atoms with Crippen molar-refractivity contribution in [1.29, 1.82) is 0 Å². The van der Waals surface area contributed by atoms with Gasteiger partial charge < -0.3 is 5.32 Å². The average molecular weight is 193 g/mol. The predicted octanol–water partition coefficient (Wildman–Crippen LogP) is 1.01. The first kappa shape index (κ1) is 10.9. The lowest BCUT2D eigenvalue weighted by atomic mass is 10.0. The maximum absolute atomic E-state index is 11.3. The van der Waals surface area contributed by atoms with Crippen molar-refractivity contribution in [3.63, 3.8) is 0 Å². The molecule has 0 aromatic rings. The molecule has 0 radical (unpaired) electrons. The van der Waals surface area contributed by atoms with Gasteiger partial charge in [0.2, 0.25) is 0 Å². The first-order chi connectivity index (χ1) is 6.74. The van der Waals surface area contributed by atoms with E-state index in [4.69, 9.17) is 0 Å². The molecule has 1 N–H and O–H groups in total. The van der Waals surface area contributed by atoms with Crippen LogP contribution in [0, 0.1) is 0 Å².